The molecule has 5 rings (SSSR count). The van der Waals surface area contributed by atoms with Gasteiger partial charge in [-0.15, -0.1) is 0 Å². The van der Waals surface area contributed by atoms with Crippen molar-refractivity contribution in [3.05, 3.63) is 77.9 Å². The van der Waals surface area contributed by atoms with Gasteiger partial charge >= 0.3 is 0 Å². The van der Waals surface area contributed by atoms with Crippen LogP contribution in [0.25, 0.3) is 0 Å². The lowest BCUT2D eigenvalue weighted by Gasteiger charge is -2.35. The van der Waals surface area contributed by atoms with Gasteiger partial charge in [-0.2, -0.15) is 0 Å². The molecule has 0 aliphatic carbocycles. The molecule has 8 nitrogen and oxygen atoms in total. The topological polar surface area (TPSA) is 73.9 Å². The third kappa shape index (κ3) is 6.01. The van der Waals surface area contributed by atoms with Crippen molar-refractivity contribution in [2.24, 2.45) is 0 Å². The smallest absolute Gasteiger partial charge is 0.264 e. The summed E-state index contributed by atoms with van der Waals surface area (Å²) in [7, 11) is 2.08. The number of amides is 1. The van der Waals surface area contributed by atoms with Crippen molar-refractivity contribution in [1.29, 1.82) is 0 Å². The largest absolute Gasteiger partial charge is 0.492 e. The van der Waals surface area contributed by atoms with E-state index in [-0.39, 0.29) is 12.0 Å². The Kier molecular flexibility index (Phi) is 7.30. The summed E-state index contributed by atoms with van der Waals surface area (Å²) in [5.74, 6) is 2.80. The quantitative estimate of drug-likeness (QED) is 0.513. The van der Waals surface area contributed by atoms with E-state index in [1.54, 1.807) is 6.20 Å². The maximum atomic E-state index is 12.9. The first-order chi connectivity index (χ1) is 17.1. The molecule has 2 aliphatic rings. The molecule has 1 amide bonds. The molecule has 184 valence electrons. The summed E-state index contributed by atoms with van der Waals surface area (Å²) < 4.78 is 11.9. The molecule has 2 aliphatic heterocycles. The Morgan fingerprint density at radius 1 is 1.14 bits per heavy atom. The van der Waals surface area contributed by atoms with Crippen LogP contribution in [0.4, 0.5) is 0 Å². The van der Waals surface area contributed by atoms with Gasteiger partial charge in [-0.3, -0.25) is 14.6 Å². The molecule has 1 atom stereocenters. The number of carbonyl (C=O) groups excluding carboxylic acids is 1. The zero-order valence-corrected chi connectivity index (χ0v) is 20.2. The zero-order valence-electron chi connectivity index (χ0n) is 20.2. The number of fused-ring (bicyclic) bond motifs is 1. The van der Waals surface area contributed by atoms with Crippen molar-refractivity contribution < 1.29 is 14.3 Å². The summed E-state index contributed by atoms with van der Waals surface area (Å²) in [6.45, 7) is 6.23. The molecule has 8 heteroatoms. The number of nitrogens with zero attached hydrogens (tertiary/aromatic N) is 4. The zero-order chi connectivity index (χ0) is 24.0. The highest BCUT2D eigenvalue weighted by atomic mass is 16.5. The van der Waals surface area contributed by atoms with E-state index in [0.717, 1.165) is 68.7 Å². The minimum atomic E-state index is -0.382. The Labute approximate surface area is 206 Å². The van der Waals surface area contributed by atoms with Crippen LogP contribution in [0.3, 0.4) is 0 Å². The molecular weight excluding hydrogens is 442 g/mol. The van der Waals surface area contributed by atoms with Crippen LogP contribution >= 0.6 is 0 Å². The van der Waals surface area contributed by atoms with Gasteiger partial charge in [0.1, 0.15) is 23.9 Å². The second kappa shape index (κ2) is 10.9. The fraction of sp³-hybridized carbons (Fsp3) is 0.407. The summed E-state index contributed by atoms with van der Waals surface area (Å²) in [6, 6.07) is 16.2. The molecule has 1 fully saturated rings. The van der Waals surface area contributed by atoms with Crippen molar-refractivity contribution in [2.45, 2.75) is 25.6 Å². The number of H-pyrrole nitrogens is 1. The maximum absolute atomic E-state index is 12.9. The van der Waals surface area contributed by atoms with Crippen molar-refractivity contribution in [2.75, 3.05) is 46.4 Å². The number of carbonyl (C=O) groups is 1. The SMILES string of the molecule is CN(Cc1cccc(OCCN2CCN(C(=O)[C@@H]3Cc4ccccc4O3)CC2)c1)Cc1ncc[nH]1. The van der Waals surface area contributed by atoms with E-state index in [9.17, 15) is 4.79 Å². The lowest BCUT2D eigenvalue weighted by atomic mass is 10.1. The molecule has 0 bridgehead atoms. The predicted octanol–water partition coefficient (Wildman–Crippen LogP) is 2.57. The van der Waals surface area contributed by atoms with Crippen LogP contribution in [0, 0.1) is 0 Å². The van der Waals surface area contributed by atoms with E-state index >= 15 is 0 Å². The van der Waals surface area contributed by atoms with Crippen molar-refractivity contribution >= 4 is 5.91 Å². The first-order valence-corrected chi connectivity index (χ1v) is 12.3. The number of ether oxygens (including phenoxy) is 2. The molecular formula is C27H33N5O3. The van der Waals surface area contributed by atoms with E-state index in [2.05, 4.69) is 38.9 Å². The number of imidazole rings is 1. The van der Waals surface area contributed by atoms with Gasteiger partial charge in [-0.05, 0) is 36.4 Å². The number of nitrogens with one attached hydrogen (secondary N) is 1. The van der Waals surface area contributed by atoms with E-state index in [1.165, 1.54) is 5.56 Å². The predicted molar refractivity (Wildman–Crippen MR) is 133 cm³/mol. The normalized spacial score (nSPS) is 17.9. The second-order valence-corrected chi connectivity index (χ2v) is 9.29. The van der Waals surface area contributed by atoms with Crippen molar-refractivity contribution in [3.63, 3.8) is 0 Å². The standard InChI is InChI=1S/C27H33N5O3/c1-30(20-26-28-9-10-29-26)19-21-5-4-7-23(17-21)34-16-15-31-11-13-32(14-12-31)27(33)25-18-22-6-2-3-8-24(22)35-25/h2-10,17,25H,11-16,18-20H2,1H3,(H,28,29)/t25-/m0/s1. The highest BCUT2D eigenvalue weighted by molar-refractivity contribution is 5.82. The van der Waals surface area contributed by atoms with E-state index in [1.807, 2.05) is 47.5 Å². The molecule has 3 heterocycles. The van der Waals surface area contributed by atoms with Crippen molar-refractivity contribution in [3.8, 4) is 11.5 Å². The van der Waals surface area contributed by atoms with Gasteiger partial charge < -0.3 is 19.4 Å². The number of benzene rings is 2. The molecule has 0 unspecified atom stereocenters. The lowest BCUT2D eigenvalue weighted by molar-refractivity contribution is -0.139. The lowest BCUT2D eigenvalue weighted by Crippen LogP contribution is -2.52. The Morgan fingerprint density at radius 2 is 2.00 bits per heavy atom. The summed E-state index contributed by atoms with van der Waals surface area (Å²) in [4.78, 5) is 26.9. The summed E-state index contributed by atoms with van der Waals surface area (Å²) >= 11 is 0. The monoisotopic (exact) mass is 475 g/mol. The van der Waals surface area contributed by atoms with Crippen LogP contribution in [0.15, 0.2) is 60.9 Å². The van der Waals surface area contributed by atoms with Crippen LogP contribution in [-0.4, -0.2) is 83.1 Å². The van der Waals surface area contributed by atoms with Gasteiger partial charge in [0.25, 0.3) is 5.91 Å². The van der Waals surface area contributed by atoms with Crippen LogP contribution in [0.1, 0.15) is 17.0 Å². The van der Waals surface area contributed by atoms with Crippen LogP contribution in [0.5, 0.6) is 11.5 Å². The molecule has 0 saturated carbocycles. The molecule has 3 aromatic rings. The Morgan fingerprint density at radius 3 is 2.80 bits per heavy atom. The summed E-state index contributed by atoms with van der Waals surface area (Å²) in [5, 5.41) is 0. The van der Waals surface area contributed by atoms with Gasteiger partial charge in [0.2, 0.25) is 0 Å². The van der Waals surface area contributed by atoms with E-state index in [0.29, 0.717) is 13.0 Å². The first-order valence-electron chi connectivity index (χ1n) is 12.3. The molecule has 0 spiro atoms. The fourth-order valence-corrected chi connectivity index (χ4v) is 4.75. The maximum Gasteiger partial charge on any atom is 0.264 e. The molecule has 0 radical (unpaired) electrons. The number of aromatic nitrogens is 2. The molecule has 2 aromatic carbocycles. The minimum absolute atomic E-state index is 0.103. The van der Waals surface area contributed by atoms with Crippen LogP contribution < -0.4 is 9.47 Å². The number of hydrogen-bond donors (Lipinski definition) is 1. The summed E-state index contributed by atoms with van der Waals surface area (Å²) in [6.07, 6.45) is 3.91. The third-order valence-corrected chi connectivity index (χ3v) is 6.61. The molecule has 1 saturated heterocycles. The molecule has 1 aromatic heterocycles. The second-order valence-electron chi connectivity index (χ2n) is 9.29. The Balaban J connectivity index is 1.02. The van der Waals surface area contributed by atoms with Crippen LogP contribution in [0.2, 0.25) is 0 Å². The fourth-order valence-electron chi connectivity index (χ4n) is 4.75. The average Bonchev–Trinajstić information content (AvgIpc) is 3.54. The number of aromatic amines is 1. The number of para-hydroxylation sites is 1. The molecule has 1 N–H and O–H groups in total. The Bertz CT molecular complexity index is 1090. The van der Waals surface area contributed by atoms with Gasteiger partial charge in [0.05, 0.1) is 6.54 Å². The molecule has 35 heavy (non-hydrogen) atoms. The third-order valence-electron chi connectivity index (χ3n) is 6.61. The van der Waals surface area contributed by atoms with Gasteiger partial charge in [0, 0.05) is 58.1 Å². The van der Waals surface area contributed by atoms with Crippen molar-refractivity contribution in [1.82, 2.24) is 24.7 Å². The highest BCUT2D eigenvalue weighted by Gasteiger charge is 2.33. The number of piperazine rings is 1. The van der Waals surface area contributed by atoms with Gasteiger partial charge in [-0.25, -0.2) is 4.98 Å². The van der Waals surface area contributed by atoms with Crippen LogP contribution in [-0.2, 0) is 24.3 Å². The van der Waals surface area contributed by atoms with E-state index < -0.39 is 0 Å². The Hall–Kier alpha value is -3.36. The average molecular weight is 476 g/mol. The van der Waals surface area contributed by atoms with Gasteiger partial charge in [-0.1, -0.05) is 30.3 Å². The number of hydrogen-bond acceptors (Lipinski definition) is 6. The minimum Gasteiger partial charge on any atom is -0.492 e. The van der Waals surface area contributed by atoms with Gasteiger partial charge in [0.15, 0.2) is 6.10 Å². The summed E-state index contributed by atoms with van der Waals surface area (Å²) in [5.41, 5.74) is 2.33. The number of rotatable bonds is 9. The van der Waals surface area contributed by atoms with E-state index in [4.69, 9.17) is 9.47 Å². The highest BCUT2D eigenvalue weighted by Crippen LogP contribution is 2.29. The first kappa shape index (κ1) is 23.4.